The third-order valence-corrected chi connectivity index (χ3v) is 4.16. The van der Waals surface area contributed by atoms with Crippen LogP contribution in [0.2, 0.25) is 0 Å². The SMILES string of the molecule is COc1cccc(NC(=O)NCC#CCOc2cccc3ccccc23)c1OC. The highest BCUT2D eigenvalue weighted by atomic mass is 16.5. The number of hydrogen-bond acceptors (Lipinski definition) is 4. The number of ether oxygens (including phenoxy) is 3. The van der Waals surface area contributed by atoms with Gasteiger partial charge in [0.05, 0.1) is 26.5 Å². The van der Waals surface area contributed by atoms with E-state index in [1.807, 2.05) is 42.5 Å². The maximum atomic E-state index is 12.1. The van der Waals surface area contributed by atoms with Crippen LogP contribution in [0.25, 0.3) is 10.8 Å². The number of para-hydroxylation sites is 1. The Morgan fingerprint density at radius 1 is 0.897 bits per heavy atom. The van der Waals surface area contributed by atoms with Gasteiger partial charge in [0.25, 0.3) is 0 Å². The lowest BCUT2D eigenvalue weighted by atomic mass is 10.1. The van der Waals surface area contributed by atoms with Crippen molar-refractivity contribution < 1.29 is 19.0 Å². The Labute approximate surface area is 169 Å². The highest BCUT2D eigenvalue weighted by Crippen LogP contribution is 2.34. The lowest BCUT2D eigenvalue weighted by molar-refractivity contribution is 0.253. The molecule has 0 spiro atoms. The van der Waals surface area contributed by atoms with Crippen LogP contribution in [0.1, 0.15) is 0 Å². The predicted molar refractivity (Wildman–Crippen MR) is 114 cm³/mol. The number of benzene rings is 3. The molecular weight excluding hydrogens is 368 g/mol. The van der Waals surface area contributed by atoms with Crippen LogP contribution in [-0.2, 0) is 0 Å². The molecular formula is C23H22N2O4. The molecule has 0 saturated heterocycles. The van der Waals surface area contributed by atoms with Crippen LogP contribution in [0.5, 0.6) is 17.2 Å². The fourth-order valence-electron chi connectivity index (χ4n) is 2.83. The number of anilines is 1. The molecule has 3 rings (SSSR count). The minimum atomic E-state index is -0.388. The van der Waals surface area contributed by atoms with Gasteiger partial charge in [0.1, 0.15) is 12.4 Å². The van der Waals surface area contributed by atoms with Crippen LogP contribution in [0.15, 0.2) is 60.7 Å². The van der Waals surface area contributed by atoms with Gasteiger partial charge < -0.3 is 24.8 Å². The van der Waals surface area contributed by atoms with E-state index >= 15 is 0 Å². The average molecular weight is 390 g/mol. The number of hydrogen-bond donors (Lipinski definition) is 2. The molecule has 0 unspecified atom stereocenters. The van der Waals surface area contributed by atoms with Gasteiger partial charge in [-0.1, -0.05) is 54.3 Å². The number of rotatable bonds is 6. The molecule has 0 atom stereocenters. The van der Waals surface area contributed by atoms with Gasteiger partial charge in [0, 0.05) is 5.39 Å². The third kappa shape index (κ3) is 5.11. The third-order valence-electron chi connectivity index (χ3n) is 4.16. The molecule has 0 aromatic heterocycles. The Hall–Kier alpha value is -3.85. The standard InChI is InChI=1S/C23H22N2O4/c1-27-21-14-8-12-19(22(21)28-2)25-23(26)24-15-5-6-16-29-20-13-7-10-17-9-3-4-11-18(17)20/h3-4,7-14H,15-16H2,1-2H3,(H2,24,25,26). The summed E-state index contributed by atoms with van der Waals surface area (Å²) in [6, 6.07) is 18.8. The molecule has 6 nitrogen and oxygen atoms in total. The monoisotopic (exact) mass is 390 g/mol. The summed E-state index contributed by atoms with van der Waals surface area (Å²) in [7, 11) is 3.06. The Kier molecular flexibility index (Phi) is 6.80. The van der Waals surface area contributed by atoms with Gasteiger partial charge in [-0.15, -0.1) is 0 Å². The highest BCUT2D eigenvalue weighted by Gasteiger charge is 2.11. The van der Waals surface area contributed by atoms with Gasteiger partial charge in [-0.2, -0.15) is 0 Å². The van der Waals surface area contributed by atoms with E-state index < -0.39 is 0 Å². The second-order valence-electron chi connectivity index (χ2n) is 5.97. The van der Waals surface area contributed by atoms with Gasteiger partial charge in [-0.3, -0.25) is 0 Å². The summed E-state index contributed by atoms with van der Waals surface area (Å²) in [5.41, 5.74) is 0.511. The predicted octanol–water partition coefficient (Wildman–Crippen LogP) is 4.06. The minimum Gasteiger partial charge on any atom is -0.493 e. The summed E-state index contributed by atoms with van der Waals surface area (Å²) in [4.78, 5) is 12.1. The molecule has 29 heavy (non-hydrogen) atoms. The van der Waals surface area contributed by atoms with E-state index in [1.165, 1.54) is 14.2 Å². The molecule has 0 aliphatic heterocycles. The molecule has 148 valence electrons. The summed E-state index contributed by atoms with van der Waals surface area (Å²) in [6.45, 7) is 0.429. The van der Waals surface area contributed by atoms with Crippen LogP contribution >= 0.6 is 0 Å². The smallest absolute Gasteiger partial charge is 0.320 e. The van der Waals surface area contributed by atoms with Gasteiger partial charge in [-0.25, -0.2) is 4.79 Å². The number of urea groups is 1. The van der Waals surface area contributed by atoms with Gasteiger partial charge >= 0.3 is 6.03 Å². The first kappa shape index (κ1) is 19.9. The fraction of sp³-hybridized carbons (Fsp3) is 0.174. The van der Waals surface area contributed by atoms with Crippen molar-refractivity contribution in [2.45, 2.75) is 0 Å². The Morgan fingerprint density at radius 2 is 1.66 bits per heavy atom. The van der Waals surface area contributed by atoms with Crippen molar-refractivity contribution in [3.05, 3.63) is 60.7 Å². The zero-order chi connectivity index (χ0) is 20.5. The van der Waals surface area contributed by atoms with Crippen molar-refractivity contribution in [3.63, 3.8) is 0 Å². The maximum Gasteiger partial charge on any atom is 0.320 e. The number of carbonyl (C=O) groups is 1. The Morgan fingerprint density at radius 3 is 2.48 bits per heavy atom. The highest BCUT2D eigenvalue weighted by molar-refractivity contribution is 5.91. The van der Waals surface area contributed by atoms with Crippen LogP contribution in [0.4, 0.5) is 10.5 Å². The second-order valence-corrected chi connectivity index (χ2v) is 5.97. The Bertz CT molecular complexity index is 1050. The first-order valence-corrected chi connectivity index (χ1v) is 9.05. The molecule has 0 radical (unpaired) electrons. The van der Waals surface area contributed by atoms with Crippen LogP contribution < -0.4 is 24.8 Å². The summed E-state index contributed by atoms with van der Waals surface area (Å²) in [5, 5.41) is 7.55. The molecule has 3 aromatic rings. The first-order chi connectivity index (χ1) is 14.2. The van der Waals surface area contributed by atoms with E-state index in [4.69, 9.17) is 14.2 Å². The minimum absolute atomic E-state index is 0.191. The summed E-state index contributed by atoms with van der Waals surface area (Å²) in [6.07, 6.45) is 0. The zero-order valence-corrected chi connectivity index (χ0v) is 16.3. The van der Waals surface area contributed by atoms with E-state index in [1.54, 1.807) is 18.2 Å². The number of nitrogens with one attached hydrogen (secondary N) is 2. The number of amides is 2. The number of methoxy groups -OCH3 is 2. The van der Waals surface area contributed by atoms with Gasteiger partial charge in [0.15, 0.2) is 11.5 Å². The normalized spacial score (nSPS) is 9.86. The van der Waals surface area contributed by atoms with Crippen molar-refractivity contribution in [1.82, 2.24) is 5.32 Å². The number of carbonyl (C=O) groups excluding carboxylic acids is 1. The molecule has 0 saturated carbocycles. The first-order valence-electron chi connectivity index (χ1n) is 9.05. The number of fused-ring (bicyclic) bond motifs is 1. The quantitative estimate of drug-likeness (QED) is 0.623. The molecule has 0 bridgehead atoms. The topological polar surface area (TPSA) is 68.8 Å². The van der Waals surface area contributed by atoms with Crippen molar-refractivity contribution in [2.75, 3.05) is 32.7 Å². The molecule has 0 aliphatic carbocycles. The van der Waals surface area contributed by atoms with Crippen LogP contribution in [0, 0.1) is 11.8 Å². The van der Waals surface area contributed by atoms with Crippen molar-refractivity contribution in [1.29, 1.82) is 0 Å². The molecule has 2 N–H and O–H groups in total. The molecule has 2 amide bonds. The largest absolute Gasteiger partial charge is 0.493 e. The molecule has 0 fully saturated rings. The van der Waals surface area contributed by atoms with Crippen molar-refractivity contribution >= 4 is 22.5 Å². The van der Waals surface area contributed by atoms with E-state index in [2.05, 4.69) is 22.5 Å². The van der Waals surface area contributed by atoms with Gasteiger partial charge in [0.2, 0.25) is 0 Å². The molecule has 0 aliphatic rings. The second kappa shape index (κ2) is 9.90. The maximum absolute atomic E-state index is 12.1. The van der Waals surface area contributed by atoms with E-state index in [0.29, 0.717) is 17.2 Å². The molecule has 3 aromatic carbocycles. The fourth-order valence-corrected chi connectivity index (χ4v) is 2.83. The van der Waals surface area contributed by atoms with E-state index in [-0.39, 0.29) is 19.2 Å². The summed E-state index contributed by atoms with van der Waals surface area (Å²) in [5.74, 6) is 7.55. The van der Waals surface area contributed by atoms with E-state index in [0.717, 1.165) is 16.5 Å². The van der Waals surface area contributed by atoms with Gasteiger partial charge in [-0.05, 0) is 23.6 Å². The summed E-state index contributed by atoms with van der Waals surface area (Å²) < 4.78 is 16.2. The van der Waals surface area contributed by atoms with Crippen LogP contribution in [-0.4, -0.2) is 33.4 Å². The molecule has 0 heterocycles. The summed E-state index contributed by atoms with van der Waals surface area (Å²) >= 11 is 0. The zero-order valence-electron chi connectivity index (χ0n) is 16.3. The van der Waals surface area contributed by atoms with Crippen LogP contribution in [0.3, 0.4) is 0 Å². The van der Waals surface area contributed by atoms with Crippen molar-refractivity contribution in [3.8, 4) is 29.1 Å². The molecule has 6 heteroatoms. The Balaban J connectivity index is 1.49. The van der Waals surface area contributed by atoms with Crippen molar-refractivity contribution in [2.24, 2.45) is 0 Å². The average Bonchev–Trinajstić information content (AvgIpc) is 2.76. The van der Waals surface area contributed by atoms with E-state index in [9.17, 15) is 4.79 Å². The lowest BCUT2D eigenvalue weighted by Crippen LogP contribution is -2.29. The lowest BCUT2D eigenvalue weighted by Gasteiger charge is -2.13.